The Morgan fingerprint density at radius 3 is 2.23 bits per heavy atom. The molecule has 2 heterocycles. The van der Waals surface area contributed by atoms with Crippen molar-refractivity contribution in [1.29, 1.82) is 0 Å². The van der Waals surface area contributed by atoms with Crippen LogP contribution in [0.2, 0.25) is 5.02 Å². The van der Waals surface area contributed by atoms with Gasteiger partial charge in [-0.15, -0.1) is 11.3 Å². The largest absolute Gasteiger partial charge is 0.344 e. The van der Waals surface area contributed by atoms with Crippen LogP contribution in [0, 0.1) is 13.8 Å². The first-order valence-electron chi connectivity index (χ1n) is 10.7. The molecule has 0 aliphatic rings. The molecule has 2 aromatic heterocycles. The van der Waals surface area contributed by atoms with Gasteiger partial charge in [0.05, 0.1) is 16.0 Å². The van der Waals surface area contributed by atoms with E-state index in [2.05, 4.69) is 5.32 Å². The van der Waals surface area contributed by atoms with Gasteiger partial charge in [-0.3, -0.25) is 19.0 Å². The van der Waals surface area contributed by atoms with Crippen molar-refractivity contribution in [2.45, 2.75) is 20.4 Å². The van der Waals surface area contributed by atoms with Crippen LogP contribution >= 0.6 is 22.9 Å². The Bertz CT molecular complexity index is 1570. The zero-order valence-corrected chi connectivity index (χ0v) is 21.2. The van der Waals surface area contributed by atoms with Crippen LogP contribution in [-0.2, 0) is 11.3 Å². The summed E-state index contributed by atoms with van der Waals surface area (Å²) in [6.07, 6.45) is 0. The number of hydrogen-bond donors (Lipinski definition) is 1. The SMILES string of the molecule is Cc1ccc(NC(=O)Cn2c(=O)n(-c3ccc(Cl)cc3)c(=O)c3c(C)c(C(=O)N(C)C)sc32)cc1. The van der Waals surface area contributed by atoms with Crippen LogP contribution in [0.15, 0.2) is 58.1 Å². The molecule has 1 N–H and O–H groups in total. The second-order valence-electron chi connectivity index (χ2n) is 8.34. The normalized spacial score (nSPS) is 11.0. The van der Waals surface area contributed by atoms with Crippen LogP contribution in [0.4, 0.5) is 5.69 Å². The average molecular weight is 511 g/mol. The molecule has 0 saturated carbocycles. The summed E-state index contributed by atoms with van der Waals surface area (Å²) in [5.74, 6) is -0.727. The molecule has 0 unspecified atom stereocenters. The van der Waals surface area contributed by atoms with Gasteiger partial charge in [0.25, 0.3) is 11.5 Å². The van der Waals surface area contributed by atoms with E-state index in [1.54, 1.807) is 57.4 Å². The number of carbonyl (C=O) groups is 2. The molecule has 35 heavy (non-hydrogen) atoms. The molecule has 0 atom stereocenters. The van der Waals surface area contributed by atoms with Gasteiger partial charge in [0.2, 0.25) is 5.91 Å². The Morgan fingerprint density at radius 2 is 1.63 bits per heavy atom. The maximum atomic E-state index is 13.6. The topological polar surface area (TPSA) is 93.4 Å². The van der Waals surface area contributed by atoms with Gasteiger partial charge in [0.15, 0.2) is 0 Å². The number of anilines is 1. The van der Waals surface area contributed by atoms with Gasteiger partial charge >= 0.3 is 5.69 Å². The summed E-state index contributed by atoms with van der Waals surface area (Å²) in [6.45, 7) is 3.27. The molecular formula is C25H23ClN4O4S. The first kappa shape index (κ1) is 24.4. The van der Waals surface area contributed by atoms with Crippen LogP contribution in [0.3, 0.4) is 0 Å². The van der Waals surface area contributed by atoms with E-state index in [4.69, 9.17) is 11.6 Å². The minimum atomic E-state index is -0.686. The summed E-state index contributed by atoms with van der Waals surface area (Å²) in [5.41, 5.74) is 1.15. The van der Waals surface area contributed by atoms with Gasteiger partial charge in [-0.25, -0.2) is 9.36 Å². The highest BCUT2D eigenvalue weighted by Crippen LogP contribution is 2.29. The number of rotatable bonds is 5. The van der Waals surface area contributed by atoms with E-state index in [1.807, 2.05) is 19.1 Å². The van der Waals surface area contributed by atoms with Crippen molar-refractivity contribution in [3.05, 3.63) is 90.4 Å². The van der Waals surface area contributed by atoms with Crippen LogP contribution in [0.1, 0.15) is 20.8 Å². The van der Waals surface area contributed by atoms with Crippen molar-refractivity contribution in [1.82, 2.24) is 14.0 Å². The Balaban J connectivity index is 1.92. The van der Waals surface area contributed by atoms with E-state index >= 15 is 0 Å². The minimum Gasteiger partial charge on any atom is -0.344 e. The van der Waals surface area contributed by atoms with E-state index in [-0.39, 0.29) is 22.7 Å². The third kappa shape index (κ3) is 4.65. The Kier molecular flexibility index (Phi) is 6.64. The molecule has 0 spiro atoms. The monoisotopic (exact) mass is 510 g/mol. The number of aromatic nitrogens is 2. The Morgan fingerprint density at radius 1 is 1.00 bits per heavy atom. The lowest BCUT2D eigenvalue weighted by Crippen LogP contribution is -2.40. The smallest absolute Gasteiger partial charge is 0.337 e. The van der Waals surface area contributed by atoms with E-state index in [9.17, 15) is 19.2 Å². The lowest BCUT2D eigenvalue weighted by molar-refractivity contribution is -0.116. The number of fused-ring (bicyclic) bond motifs is 1. The third-order valence-electron chi connectivity index (χ3n) is 5.53. The number of carbonyl (C=O) groups excluding carboxylic acids is 2. The molecule has 0 aliphatic heterocycles. The molecule has 0 aliphatic carbocycles. The predicted octanol–water partition coefficient (Wildman–Crippen LogP) is 3.82. The van der Waals surface area contributed by atoms with Gasteiger partial charge in [0, 0.05) is 24.8 Å². The van der Waals surface area contributed by atoms with Gasteiger partial charge in [0.1, 0.15) is 11.4 Å². The van der Waals surface area contributed by atoms with Crippen molar-refractivity contribution >= 4 is 50.7 Å². The molecule has 8 nitrogen and oxygen atoms in total. The lowest BCUT2D eigenvalue weighted by Gasteiger charge is -2.13. The molecule has 4 aromatic rings. The molecule has 10 heteroatoms. The van der Waals surface area contributed by atoms with E-state index in [0.29, 0.717) is 26.8 Å². The summed E-state index contributed by atoms with van der Waals surface area (Å²) < 4.78 is 2.24. The van der Waals surface area contributed by atoms with E-state index < -0.39 is 17.2 Å². The third-order valence-corrected chi connectivity index (χ3v) is 7.09. The number of thiophene rings is 1. The van der Waals surface area contributed by atoms with Gasteiger partial charge in [-0.1, -0.05) is 29.3 Å². The van der Waals surface area contributed by atoms with Gasteiger partial charge < -0.3 is 10.2 Å². The highest BCUT2D eigenvalue weighted by atomic mass is 35.5. The number of hydrogen-bond acceptors (Lipinski definition) is 5. The number of amides is 2. The Labute approximate surface area is 210 Å². The molecule has 4 rings (SSSR count). The zero-order chi connectivity index (χ0) is 25.4. The summed E-state index contributed by atoms with van der Waals surface area (Å²) >= 11 is 7.02. The summed E-state index contributed by atoms with van der Waals surface area (Å²) in [5, 5.41) is 3.45. The maximum Gasteiger partial charge on any atom is 0.337 e. The van der Waals surface area contributed by atoms with Crippen molar-refractivity contribution in [2.75, 3.05) is 19.4 Å². The molecule has 0 radical (unpaired) electrons. The molecule has 0 bridgehead atoms. The summed E-state index contributed by atoms with van der Waals surface area (Å²) in [7, 11) is 3.22. The van der Waals surface area contributed by atoms with Crippen LogP contribution in [0.5, 0.6) is 0 Å². The van der Waals surface area contributed by atoms with Crippen molar-refractivity contribution < 1.29 is 9.59 Å². The van der Waals surface area contributed by atoms with Crippen LogP contribution in [-0.4, -0.2) is 39.9 Å². The standard InChI is InChI=1S/C25H23ClN4O4S/c1-14-5-9-17(10-6-14)27-19(31)13-29-24-20(15(2)21(35-24)23(33)28(3)4)22(32)30(25(29)34)18-11-7-16(26)8-12-18/h5-12H,13H2,1-4H3,(H,27,31). The number of aryl methyl sites for hydroxylation is 2. The van der Waals surface area contributed by atoms with Gasteiger partial charge in [-0.05, 0) is 55.8 Å². The van der Waals surface area contributed by atoms with Crippen LogP contribution < -0.4 is 16.6 Å². The van der Waals surface area contributed by atoms with Crippen LogP contribution in [0.25, 0.3) is 15.9 Å². The van der Waals surface area contributed by atoms with E-state index in [0.717, 1.165) is 21.5 Å². The lowest BCUT2D eigenvalue weighted by atomic mass is 10.2. The van der Waals surface area contributed by atoms with E-state index in [1.165, 1.54) is 9.47 Å². The molecular weight excluding hydrogens is 488 g/mol. The Hall–Kier alpha value is -3.69. The van der Waals surface area contributed by atoms with Crippen molar-refractivity contribution in [3.8, 4) is 5.69 Å². The maximum absolute atomic E-state index is 13.6. The highest BCUT2D eigenvalue weighted by molar-refractivity contribution is 7.20. The minimum absolute atomic E-state index is 0.220. The fourth-order valence-corrected chi connectivity index (χ4v) is 5.13. The summed E-state index contributed by atoms with van der Waals surface area (Å²) in [4.78, 5) is 54.8. The second-order valence-corrected chi connectivity index (χ2v) is 9.77. The zero-order valence-electron chi connectivity index (χ0n) is 19.6. The molecule has 180 valence electrons. The second kappa shape index (κ2) is 9.52. The first-order valence-corrected chi connectivity index (χ1v) is 11.9. The molecule has 0 fully saturated rings. The average Bonchev–Trinajstić information content (AvgIpc) is 3.16. The quantitative estimate of drug-likeness (QED) is 0.441. The van der Waals surface area contributed by atoms with Crippen molar-refractivity contribution in [2.24, 2.45) is 0 Å². The molecule has 2 aromatic carbocycles. The predicted molar refractivity (Wildman–Crippen MR) is 139 cm³/mol. The summed E-state index contributed by atoms with van der Waals surface area (Å²) in [6, 6.07) is 13.5. The molecule has 0 saturated heterocycles. The van der Waals surface area contributed by atoms with Crippen molar-refractivity contribution in [3.63, 3.8) is 0 Å². The molecule has 2 amide bonds. The highest BCUT2D eigenvalue weighted by Gasteiger charge is 2.25. The number of benzene rings is 2. The number of halogens is 1. The first-order chi connectivity index (χ1) is 16.6. The number of nitrogens with zero attached hydrogens (tertiary/aromatic N) is 3. The van der Waals surface area contributed by atoms with Gasteiger partial charge in [-0.2, -0.15) is 0 Å². The fourth-order valence-electron chi connectivity index (χ4n) is 3.69. The fraction of sp³-hybridized carbons (Fsp3) is 0.200. The number of nitrogens with one attached hydrogen (secondary N) is 1.